The van der Waals surface area contributed by atoms with Crippen LogP contribution in [-0.4, -0.2) is 15.0 Å². The molecule has 0 bridgehead atoms. The first-order chi connectivity index (χ1) is 7.66. The summed E-state index contributed by atoms with van der Waals surface area (Å²) in [4.78, 5) is 11.9. The van der Waals surface area contributed by atoms with E-state index in [1.807, 2.05) is 6.92 Å². The van der Waals surface area contributed by atoms with Crippen LogP contribution in [0.4, 0.5) is 4.39 Å². The van der Waals surface area contributed by atoms with E-state index < -0.39 is 11.9 Å². The maximum absolute atomic E-state index is 12.9. The van der Waals surface area contributed by atoms with E-state index in [9.17, 15) is 4.39 Å². The molecule has 1 unspecified atom stereocenters. The van der Waals surface area contributed by atoms with Crippen LogP contribution < -0.4 is 5.73 Å². The van der Waals surface area contributed by atoms with Crippen LogP contribution >= 0.6 is 0 Å². The highest BCUT2D eigenvalue weighted by molar-refractivity contribution is 5.21. The van der Waals surface area contributed by atoms with E-state index in [1.165, 1.54) is 12.3 Å². The molecule has 2 aromatic rings. The van der Waals surface area contributed by atoms with Crippen LogP contribution in [0.15, 0.2) is 30.9 Å². The lowest BCUT2D eigenvalue weighted by atomic mass is 10.1. The van der Waals surface area contributed by atoms with Crippen molar-refractivity contribution in [2.45, 2.75) is 13.0 Å². The van der Waals surface area contributed by atoms with Gasteiger partial charge in [-0.15, -0.1) is 0 Å². The van der Waals surface area contributed by atoms with Gasteiger partial charge in [-0.05, 0) is 24.1 Å². The monoisotopic (exact) mass is 218 g/mol. The van der Waals surface area contributed by atoms with Crippen molar-refractivity contribution in [3.05, 3.63) is 53.6 Å². The second kappa shape index (κ2) is 4.32. The summed E-state index contributed by atoms with van der Waals surface area (Å²) in [6.45, 7) is 1.89. The van der Waals surface area contributed by atoms with Gasteiger partial charge in [-0.1, -0.05) is 0 Å². The summed E-state index contributed by atoms with van der Waals surface area (Å²) in [7, 11) is 0. The minimum Gasteiger partial charge on any atom is -0.318 e. The topological polar surface area (TPSA) is 64.7 Å². The predicted octanol–water partition coefficient (Wildman–Crippen LogP) is 1.37. The molecule has 2 aromatic heterocycles. The Morgan fingerprint density at radius 2 is 1.88 bits per heavy atom. The molecule has 2 rings (SSSR count). The van der Waals surface area contributed by atoms with Crippen molar-refractivity contribution in [3.8, 4) is 0 Å². The Balaban J connectivity index is 2.31. The Labute approximate surface area is 92.4 Å². The fourth-order valence-electron chi connectivity index (χ4n) is 1.31. The maximum Gasteiger partial charge on any atom is 0.149 e. The standard InChI is InChI=1S/C11H11FN4/c1-7-3-15-11(16-4-7)10(13)8-2-9(12)6-14-5-8/h2-6,10H,13H2,1H3. The van der Waals surface area contributed by atoms with Crippen LogP contribution in [0.1, 0.15) is 23.0 Å². The van der Waals surface area contributed by atoms with Crippen molar-refractivity contribution in [2.75, 3.05) is 0 Å². The van der Waals surface area contributed by atoms with Crippen molar-refractivity contribution < 1.29 is 4.39 Å². The number of nitrogens with zero attached hydrogens (tertiary/aromatic N) is 3. The third-order valence-electron chi connectivity index (χ3n) is 2.16. The fraction of sp³-hybridized carbons (Fsp3) is 0.182. The number of hydrogen-bond acceptors (Lipinski definition) is 4. The molecule has 5 heteroatoms. The first-order valence-electron chi connectivity index (χ1n) is 4.81. The average Bonchev–Trinajstić information content (AvgIpc) is 2.29. The lowest BCUT2D eigenvalue weighted by molar-refractivity contribution is 0.614. The van der Waals surface area contributed by atoms with E-state index in [4.69, 9.17) is 5.73 Å². The molecule has 4 nitrogen and oxygen atoms in total. The van der Waals surface area contributed by atoms with Gasteiger partial charge in [-0.2, -0.15) is 0 Å². The van der Waals surface area contributed by atoms with E-state index in [-0.39, 0.29) is 0 Å². The number of aryl methyl sites for hydroxylation is 1. The van der Waals surface area contributed by atoms with Crippen LogP contribution in [0.2, 0.25) is 0 Å². The van der Waals surface area contributed by atoms with E-state index in [0.29, 0.717) is 11.4 Å². The molecule has 0 spiro atoms. The molecule has 0 aromatic carbocycles. The fourth-order valence-corrected chi connectivity index (χ4v) is 1.31. The summed E-state index contributed by atoms with van der Waals surface area (Å²) in [5.41, 5.74) is 7.41. The second-order valence-electron chi connectivity index (χ2n) is 3.53. The van der Waals surface area contributed by atoms with Gasteiger partial charge in [-0.25, -0.2) is 14.4 Å². The summed E-state index contributed by atoms with van der Waals surface area (Å²) in [5.74, 6) is 0.0399. The van der Waals surface area contributed by atoms with Gasteiger partial charge in [0, 0.05) is 18.6 Å². The molecule has 2 N–H and O–H groups in total. The largest absolute Gasteiger partial charge is 0.318 e. The lowest BCUT2D eigenvalue weighted by Crippen LogP contribution is -2.15. The first-order valence-corrected chi connectivity index (χ1v) is 4.81. The number of halogens is 1. The number of nitrogens with two attached hydrogens (primary N) is 1. The second-order valence-corrected chi connectivity index (χ2v) is 3.53. The van der Waals surface area contributed by atoms with Crippen LogP contribution in [0.3, 0.4) is 0 Å². The van der Waals surface area contributed by atoms with Gasteiger partial charge in [0.05, 0.1) is 12.2 Å². The highest BCUT2D eigenvalue weighted by atomic mass is 19.1. The summed E-state index contributed by atoms with van der Waals surface area (Å²) in [5, 5.41) is 0. The summed E-state index contributed by atoms with van der Waals surface area (Å²) in [6.07, 6.45) is 5.99. The molecule has 1 atom stereocenters. The molecule has 0 aliphatic carbocycles. The Morgan fingerprint density at radius 3 is 2.50 bits per heavy atom. The van der Waals surface area contributed by atoms with E-state index >= 15 is 0 Å². The smallest absolute Gasteiger partial charge is 0.149 e. The molecule has 0 saturated carbocycles. The normalized spacial score (nSPS) is 12.4. The van der Waals surface area contributed by atoms with Crippen molar-refractivity contribution in [1.82, 2.24) is 15.0 Å². The van der Waals surface area contributed by atoms with E-state index in [1.54, 1.807) is 12.4 Å². The third-order valence-corrected chi connectivity index (χ3v) is 2.16. The Hall–Kier alpha value is -1.88. The molecular weight excluding hydrogens is 207 g/mol. The molecule has 0 fully saturated rings. The van der Waals surface area contributed by atoms with Crippen LogP contribution in [-0.2, 0) is 0 Å². The number of aromatic nitrogens is 3. The van der Waals surface area contributed by atoms with Gasteiger partial charge in [0.15, 0.2) is 0 Å². The number of rotatable bonds is 2. The first kappa shape index (κ1) is 10.6. The Bertz CT molecular complexity index is 484. The van der Waals surface area contributed by atoms with Crippen molar-refractivity contribution in [2.24, 2.45) is 5.73 Å². The molecule has 0 radical (unpaired) electrons. The number of pyridine rings is 1. The zero-order valence-corrected chi connectivity index (χ0v) is 8.76. The molecule has 0 amide bonds. The quantitative estimate of drug-likeness (QED) is 0.826. The van der Waals surface area contributed by atoms with Crippen molar-refractivity contribution in [3.63, 3.8) is 0 Å². The lowest BCUT2D eigenvalue weighted by Gasteiger charge is -2.09. The minimum atomic E-state index is -0.552. The molecule has 0 aliphatic rings. The highest BCUT2D eigenvalue weighted by Gasteiger charge is 2.12. The molecule has 0 aliphatic heterocycles. The van der Waals surface area contributed by atoms with Crippen LogP contribution in [0, 0.1) is 12.7 Å². The van der Waals surface area contributed by atoms with Gasteiger partial charge < -0.3 is 5.73 Å². The third kappa shape index (κ3) is 2.20. The zero-order valence-electron chi connectivity index (χ0n) is 8.76. The Kier molecular flexibility index (Phi) is 2.87. The summed E-state index contributed by atoms with van der Waals surface area (Å²) >= 11 is 0. The average molecular weight is 218 g/mol. The molecule has 82 valence electrons. The molecular formula is C11H11FN4. The van der Waals surface area contributed by atoms with Crippen LogP contribution in [0.25, 0.3) is 0 Å². The molecule has 2 heterocycles. The van der Waals surface area contributed by atoms with Gasteiger partial charge in [0.1, 0.15) is 11.6 Å². The summed E-state index contributed by atoms with van der Waals surface area (Å²) < 4.78 is 12.9. The van der Waals surface area contributed by atoms with E-state index in [2.05, 4.69) is 15.0 Å². The Morgan fingerprint density at radius 1 is 1.19 bits per heavy atom. The summed E-state index contributed by atoms with van der Waals surface area (Å²) in [6, 6.07) is 0.782. The van der Waals surface area contributed by atoms with Gasteiger partial charge in [0.2, 0.25) is 0 Å². The van der Waals surface area contributed by atoms with Crippen molar-refractivity contribution >= 4 is 0 Å². The highest BCUT2D eigenvalue weighted by Crippen LogP contribution is 2.15. The maximum atomic E-state index is 12.9. The molecule has 16 heavy (non-hydrogen) atoms. The van der Waals surface area contributed by atoms with Gasteiger partial charge in [-0.3, -0.25) is 4.98 Å². The zero-order chi connectivity index (χ0) is 11.5. The molecule has 0 saturated heterocycles. The van der Waals surface area contributed by atoms with Crippen LogP contribution in [0.5, 0.6) is 0 Å². The predicted molar refractivity (Wildman–Crippen MR) is 57.0 cm³/mol. The van der Waals surface area contributed by atoms with Gasteiger partial charge >= 0.3 is 0 Å². The minimum absolute atomic E-state index is 0.417. The van der Waals surface area contributed by atoms with E-state index in [0.717, 1.165) is 11.8 Å². The SMILES string of the molecule is Cc1cnc(C(N)c2cncc(F)c2)nc1. The van der Waals surface area contributed by atoms with Gasteiger partial charge in [0.25, 0.3) is 0 Å². The number of hydrogen-bond donors (Lipinski definition) is 1. The van der Waals surface area contributed by atoms with Crippen molar-refractivity contribution in [1.29, 1.82) is 0 Å².